The molecule has 0 amide bonds. The van der Waals surface area contributed by atoms with E-state index in [0.29, 0.717) is 5.82 Å². The minimum absolute atomic E-state index is 0.534. The number of anilines is 1. The molecule has 0 aliphatic carbocycles. The van der Waals surface area contributed by atoms with Gasteiger partial charge < -0.3 is 5.73 Å². The van der Waals surface area contributed by atoms with Gasteiger partial charge in [0.2, 0.25) is 0 Å². The summed E-state index contributed by atoms with van der Waals surface area (Å²) in [6.45, 7) is 0. The maximum atomic E-state index is 5.63. The third kappa shape index (κ3) is 1.92. The zero-order valence-corrected chi connectivity index (χ0v) is 11.1. The fourth-order valence-electron chi connectivity index (χ4n) is 1.64. The number of pyridine rings is 1. The van der Waals surface area contributed by atoms with Gasteiger partial charge in [-0.1, -0.05) is 18.2 Å². The van der Waals surface area contributed by atoms with Crippen molar-refractivity contribution in [3.8, 4) is 10.7 Å². The molecule has 3 rings (SSSR count). The molecule has 2 aromatic heterocycles. The molecule has 0 atom stereocenters. The van der Waals surface area contributed by atoms with E-state index >= 15 is 0 Å². The largest absolute Gasteiger partial charge is 0.383 e. The van der Waals surface area contributed by atoms with E-state index in [9.17, 15) is 0 Å². The summed E-state index contributed by atoms with van der Waals surface area (Å²) in [5, 5.41) is 3.76. The summed E-state index contributed by atoms with van der Waals surface area (Å²) in [6.07, 6.45) is 0. The number of benzene rings is 1. The molecule has 0 unspecified atom stereocenters. The topological polar surface area (TPSA) is 51.8 Å². The van der Waals surface area contributed by atoms with Gasteiger partial charge in [0.05, 0.1) is 5.52 Å². The van der Waals surface area contributed by atoms with E-state index in [2.05, 4.69) is 32.0 Å². The zero-order chi connectivity index (χ0) is 11.8. The fraction of sp³-hybridized carbons (Fsp3) is 0. The molecule has 84 valence electrons. The van der Waals surface area contributed by atoms with Crippen molar-refractivity contribution >= 4 is 44.0 Å². The van der Waals surface area contributed by atoms with Crippen LogP contribution in [0.4, 0.5) is 5.82 Å². The molecule has 0 bridgehead atoms. The number of fused-ring (bicyclic) bond motifs is 1. The van der Waals surface area contributed by atoms with E-state index < -0.39 is 0 Å². The second-order valence-electron chi connectivity index (χ2n) is 3.59. The van der Waals surface area contributed by atoms with Crippen LogP contribution in [0.25, 0.3) is 21.6 Å². The first-order valence-corrected chi connectivity index (χ1v) is 6.68. The lowest BCUT2D eigenvalue weighted by Crippen LogP contribution is -1.88. The van der Waals surface area contributed by atoms with Crippen LogP contribution in [-0.2, 0) is 0 Å². The van der Waals surface area contributed by atoms with Crippen LogP contribution in [0.2, 0.25) is 0 Å². The van der Waals surface area contributed by atoms with Crippen LogP contribution in [0.5, 0.6) is 0 Å². The number of hydrogen-bond acceptors (Lipinski definition) is 4. The van der Waals surface area contributed by atoms with Crippen molar-refractivity contribution in [2.45, 2.75) is 0 Å². The molecule has 0 saturated carbocycles. The molecule has 0 radical (unpaired) electrons. The third-order valence-corrected chi connectivity index (χ3v) is 3.87. The van der Waals surface area contributed by atoms with E-state index in [1.807, 2.05) is 29.6 Å². The molecule has 0 saturated heterocycles. The summed E-state index contributed by atoms with van der Waals surface area (Å²) < 4.78 is 0.936. The van der Waals surface area contributed by atoms with E-state index in [1.165, 1.54) is 11.3 Å². The Hall–Kier alpha value is -1.46. The fourth-order valence-corrected chi connectivity index (χ4v) is 3.00. The summed E-state index contributed by atoms with van der Waals surface area (Å²) >= 11 is 5.02. The number of nitrogens with two attached hydrogens (primary N) is 1. The van der Waals surface area contributed by atoms with Gasteiger partial charge in [0.25, 0.3) is 0 Å². The average Bonchev–Trinajstić information content (AvgIpc) is 2.75. The van der Waals surface area contributed by atoms with Crippen LogP contribution >= 0.6 is 27.3 Å². The maximum absolute atomic E-state index is 5.63. The van der Waals surface area contributed by atoms with Crippen LogP contribution in [0.1, 0.15) is 0 Å². The Labute approximate surface area is 110 Å². The van der Waals surface area contributed by atoms with Gasteiger partial charge in [-0.25, -0.2) is 9.97 Å². The first-order valence-electron chi connectivity index (χ1n) is 5.01. The molecule has 0 aliphatic rings. The molecule has 17 heavy (non-hydrogen) atoms. The molecule has 3 aromatic rings. The molecule has 5 heteroatoms. The number of halogens is 1. The Morgan fingerprint density at radius 3 is 2.76 bits per heavy atom. The minimum atomic E-state index is 0.534. The van der Waals surface area contributed by atoms with Crippen molar-refractivity contribution < 1.29 is 0 Å². The van der Waals surface area contributed by atoms with Crippen molar-refractivity contribution in [2.75, 3.05) is 5.73 Å². The number of nitrogen functional groups attached to an aromatic ring is 1. The number of thiazole rings is 1. The second kappa shape index (κ2) is 4.09. The highest BCUT2D eigenvalue weighted by Gasteiger charge is 2.10. The molecule has 0 fully saturated rings. The van der Waals surface area contributed by atoms with Crippen LogP contribution in [-0.4, -0.2) is 9.97 Å². The molecule has 3 nitrogen and oxygen atoms in total. The van der Waals surface area contributed by atoms with Crippen LogP contribution < -0.4 is 5.73 Å². The zero-order valence-electron chi connectivity index (χ0n) is 8.72. The summed E-state index contributed by atoms with van der Waals surface area (Å²) in [4.78, 5) is 8.86. The molecule has 2 N–H and O–H groups in total. The van der Waals surface area contributed by atoms with Gasteiger partial charge in [-0.05, 0) is 28.1 Å². The summed E-state index contributed by atoms with van der Waals surface area (Å²) in [5.41, 5.74) is 7.43. The van der Waals surface area contributed by atoms with Crippen LogP contribution in [0, 0.1) is 0 Å². The Morgan fingerprint density at radius 2 is 2.00 bits per heavy atom. The van der Waals surface area contributed by atoms with Gasteiger partial charge in [0.15, 0.2) is 0 Å². The SMILES string of the molecule is Nc1csc(-c2nc3ccccc3cc2Br)n1. The molecule has 0 spiro atoms. The van der Waals surface area contributed by atoms with E-state index in [4.69, 9.17) is 5.73 Å². The lowest BCUT2D eigenvalue weighted by atomic mass is 10.2. The van der Waals surface area contributed by atoms with Crippen LogP contribution in [0.3, 0.4) is 0 Å². The number of nitrogens with zero attached hydrogens (tertiary/aromatic N) is 2. The quantitative estimate of drug-likeness (QED) is 0.746. The smallest absolute Gasteiger partial charge is 0.145 e. The highest BCUT2D eigenvalue weighted by atomic mass is 79.9. The second-order valence-corrected chi connectivity index (χ2v) is 5.30. The number of hydrogen-bond donors (Lipinski definition) is 1. The van der Waals surface area contributed by atoms with E-state index in [1.54, 1.807) is 0 Å². The number of rotatable bonds is 1. The Morgan fingerprint density at radius 1 is 1.18 bits per heavy atom. The predicted molar refractivity (Wildman–Crippen MR) is 75.0 cm³/mol. The lowest BCUT2D eigenvalue weighted by molar-refractivity contribution is 1.33. The van der Waals surface area contributed by atoms with E-state index in [0.717, 1.165) is 26.1 Å². The van der Waals surface area contributed by atoms with Crippen molar-refractivity contribution in [2.24, 2.45) is 0 Å². The van der Waals surface area contributed by atoms with Gasteiger partial charge in [-0.15, -0.1) is 11.3 Å². The molecular formula is C12H8BrN3S. The highest BCUT2D eigenvalue weighted by Crippen LogP contribution is 2.31. The van der Waals surface area contributed by atoms with Crippen LogP contribution in [0.15, 0.2) is 40.2 Å². The van der Waals surface area contributed by atoms with Gasteiger partial charge in [-0.3, -0.25) is 0 Å². The Bertz CT molecular complexity index is 693. The average molecular weight is 306 g/mol. The standard InChI is InChI=1S/C12H8BrN3S/c13-8-5-7-3-1-2-4-9(7)15-11(8)12-16-10(14)6-17-12/h1-6H,14H2. The lowest BCUT2D eigenvalue weighted by Gasteiger charge is -2.03. The van der Waals surface area contributed by atoms with Crippen molar-refractivity contribution in [3.63, 3.8) is 0 Å². The normalized spacial score (nSPS) is 10.9. The third-order valence-electron chi connectivity index (χ3n) is 2.40. The summed E-state index contributed by atoms with van der Waals surface area (Å²) in [7, 11) is 0. The summed E-state index contributed by atoms with van der Waals surface area (Å²) in [6, 6.07) is 10.0. The van der Waals surface area contributed by atoms with Crippen molar-refractivity contribution in [1.29, 1.82) is 0 Å². The monoisotopic (exact) mass is 305 g/mol. The number of para-hydroxylation sites is 1. The Kier molecular flexibility index (Phi) is 2.57. The van der Waals surface area contributed by atoms with Gasteiger partial charge in [-0.2, -0.15) is 0 Å². The molecule has 2 heterocycles. The first kappa shape index (κ1) is 10.7. The number of aromatic nitrogens is 2. The maximum Gasteiger partial charge on any atom is 0.145 e. The highest BCUT2D eigenvalue weighted by molar-refractivity contribution is 9.10. The summed E-state index contributed by atoms with van der Waals surface area (Å²) in [5.74, 6) is 0.534. The molecule has 1 aromatic carbocycles. The van der Waals surface area contributed by atoms with Gasteiger partial charge in [0, 0.05) is 15.2 Å². The van der Waals surface area contributed by atoms with Crippen molar-refractivity contribution in [1.82, 2.24) is 9.97 Å². The predicted octanol–water partition coefficient (Wildman–Crippen LogP) is 3.70. The molecule has 0 aliphatic heterocycles. The Balaban J connectivity index is 2.26. The minimum Gasteiger partial charge on any atom is -0.383 e. The molecular weight excluding hydrogens is 298 g/mol. The van der Waals surface area contributed by atoms with Crippen molar-refractivity contribution in [3.05, 3.63) is 40.2 Å². The van der Waals surface area contributed by atoms with Gasteiger partial charge >= 0.3 is 0 Å². The van der Waals surface area contributed by atoms with Gasteiger partial charge in [0.1, 0.15) is 16.5 Å². The first-order chi connectivity index (χ1) is 8.24. The van der Waals surface area contributed by atoms with E-state index in [-0.39, 0.29) is 0 Å².